The van der Waals surface area contributed by atoms with Crippen LogP contribution in [0.1, 0.15) is 45.4 Å². The smallest absolute Gasteiger partial charge is 0.459 e. The number of carbonyl (C=O) groups excluding carboxylic acids is 2. The first kappa shape index (κ1) is 19.9. The van der Waals surface area contributed by atoms with Crippen molar-refractivity contribution in [3.05, 3.63) is 24.3 Å². The van der Waals surface area contributed by atoms with Gasteiger partial charge in [-0.3, -0.25) is 0 Å². The molecular weight excluding hydrogens is 382 g/mol. The van der Waals surface area contributed by atoms with Gasteiger partial charge in [-0.15, -0.1) is 0 Å². The van der Waals surface area contributed by atoms with Gasteiger partial charge in [0.1, 0.15) is 5.75 Å². The normalized spacial score (nSPS) is 30.0. The Kier molecular flexibility index (Phi) is 5.12. The van der Waals surface area contributed by atoms with E-state index < -0.39 is 12.1 Å². The lowest BCUT2D eigenvalue weighted by molar-refractivity contribution is -0.216. The molecule has 0 radical (unpaired) electrons. The lowest BCUT2D eigenvalue weighted by Gasteiger charge is -2.56. The number of hydrogen-bond donors (Lipinski definition) is 2. The molecule has 4 aliphatic carbocycles. The van der Waals surface area contributed by atoms with E-state index in [0.29, 0.717) is 5.69 Å². The van der Waals surface area contributed by atoms with E-state index in [1.807, 2.05) is 0 Å². The topological polar surface area (TPSA) is 76.7 Å². The third-order valence-corrected chi connectivity index (χ3v) is 6.29. The van der Waals surface area contributed by atoms with Crippen molar-refractivity contribution in [1.29, 1.82) is 0 Å². The van der Waals surface area contributed by atoms with Gasteiger partial charge in [0.15, 0.2) is 0 Å². The molecule has 0 saturated heterocycles. The molecule has 8 heteroatoms. The van der Waals surface area contributed by atoms with Gasteiger partial charge >= 0.3 is 18.1 Å². The first-order valence-electron chi connectivity index (χ1n) is 10.2. The number of benzene rings is 1. The molecule has 2 amide bonds. The maximum absolute atomic E-state index is 13.6. The van der Waals surface area contributed by atoms with E-state index in [9.17, 15) is 18.4 Å². The first-order chi connectivity index (χ1) is 13.8. The minimum absolute atomic E-state index is 0.108. The number of carbonyl (C=O) groups is 2. The zero-order valence-corrected chi connectivity index (χ0v) is 16.4. The number of urea groups is 1. The van der Waals surface area contributed by atoms with E-state index in [4.69, 9.17) is 0 Å². The Balaban J connectivity index is 1.33. The molecule has 1 aromatic carbocycles. The van der Waals surface area contributed by atoms with Crippen molar-refractivity contribution >= 4 is 17.7 Å². The van der Waals surface area contributed by atoms with E-state index in [-0.39, 0.29) is 23.9 Å². The molecule has 0 atom stereocenters. The second kappa shape index (κ2) is 7.46. The van der Waals surface area contributed by atoms with Crippen LogP contribution < -0.4 is 15.4 Å². The van der Waals surface area contributed by atoms with Gasteiger partial charge in [0.05, 0.1) is 6.61 Å². The van der Waals surface area contributed by atoms with Gasteiger partial charge in [0, 0.05) is 11.2 Å². The number of ether oxygens (including phenoxy) is 2. The lowest BCUT2D eigenvalue weighted by Crippen LogP contribution is -2.60. The fourth-order valence-corrected chi connectivity index (χ4v) is 5.68. The Morgan fingerprint density at radius 3 is 2.14 bits per heavy atom. The number of anilines is 1. The second-order valence-corrected chi connectivity index (χ2v) is 8.64. The van der Waals surface area contributed by atoms with Crippen LogP contribution in [-0.4, -0.2) is 30.3 Å². The predicted octanol–water partition coefficient (Wildman–Crippen LogP) is 4.31. The van der Waals surface area contributed by atoms with E-state index in [2.05, 4.69) is 20.1 Å². The molecule has 6 nitrogen and oxygen atoms in total. The van der Waals surface area contributed by atoms with Crippen LogP contribution in [0.2, 0.25) is 0 Å². The maximum atomic E-state index is 13.6. The number of halogens is 2. The summed E-state index contributed by atoms with van der Waals surface area (Å²) in [7, 11) is 0. The zero-order valence-electron chi connectivity index (χ0n) is 16.4. The number of nitrogens with one attached hydrogen (secondary N) is 2. The summed E-state index contributed by atoms with van der Waals surface area (Å²) in [5.41, 5.74) is 0.350. The van der Waals surface area contributed by atoms with Gasteiger partial charge in [0.2, 0.25) is 0 Å². The largest absolute Gasteiger partial charge is 0.502 e. The Hall–Kier alpha value is -2.38. The molecule has 1 aromatic rings. The quantitative estimate of drug-likeness (QED) is 0.688. The van der Waals surface area contributed by atoms with E-state index in [1.54, 1.807) is 0 Å². The molecule has 4 bridgehead atoms. The Labute approximate surface area is 168 Å². The van der Waals surface area contributed by atoms with Crippen molar-refractivity contribution < 1.29 is 27.8 Å². The number of amides is 2. The highest BCUT2D eigenvalue weighted by molar-refractivity contribution is 5.89. The Morgan fingerprint density at radius 1 is 1.07 bits per heavy atom. The fourth-order valence-electron chi connectivity index (χ4n) is 5.68. The fraction of sp³-hybridized carbons (Fsp3) is 0.619. The molecule has 0 unspecified atom stereocenters. The third kappa shape index (κ3) is 4.31. The van der Waals surface area contributed by atoms with Gasteiger partial charge in [-0.1, -0.05) is 0 Å². The van der Waals surface area contributed by atoms with Gasteiger partial charge in [-0.05, 0) is 87.5 Å². The van der Waals surface area contributed by atoms with Crippen LogP contribution in [0.5, 0.6) is 5.75 Å². The maximum Gasteiger partial charge on any atom is 0.502 e. The van der Waals surface area contributed by atoms with E-state index >= 15 is 0 Å². The van der Waals surface area contributed by atoms with E-state index in [1.165, 1.54) is 50.5 Å². The van der Waals surface area contributed by atoms with Crippen LogP contribution >= 0.6 is 0 Å². The number of hydrogen-bond acceptors (Lipinski definition) is 4. The zero-order chi connectivity index (χ0) is 20.6. The molecule has 158 valence electrons. The molecule has 4 saturated carbocycles. The molecule has 0 aliphatic heterocycles. The lowest BCUT2D eigenvalue weighted by atomic mass is 9.53. The minimum atomic E-state index is -4.07. The predicted molar refractivity (Wildman–Crippen MR) is 102 cm³/mol. The average Bonchev–Trinajstić information content (AvgIpc) is 2.61. The molecule has 4 fully saturated rings. The third-order valence-electron chi connectivity index (χ3n) is 6.29. The summed E-state index contributed by atoms with van der Waals surface area (Å²) in [6, 6.07) is 5.17. The van der Waals surface area contributed by atoms with Crippen molar-refractivity contribution in [3.8, 4) is 5.75 Å². The average molecular weight is 408 g/mol. The molecule has 0 spiro atoms. The number of esters is 1. The Morgan fingerprint density at radius 2 is 1.62 bits per heavy atom. The minimum Gasteiger partial charge on any atom is -0.459 e. The number of rotatable bonds is 6. The number of alkyl halides is 2. The van der Waals surface area contributed by atoms with Gasteiger partial charge in [0.25, 0.3) is 0 Å². The van der Waals surface area contributed by atoms with E-state index in [0.717, 1.165) is 37.0 Å². The first-order valence-corrected chi connectivity index (χ1v) is 10.2. The molecule has 4 aliphatic rings. The molecule has 0 aromatic heterocycles. The van der Waals surface area contributed by atoms with Crippen molar-refractivity contribution in [3.63, 3.8) is 0 Å². The highest BCUT2D eigenvalue weighted by atomic mass is 19.3. The highest BCUT2D eigenvalue weighted by Crippen LogP contribution is 2.55. The molecule has 5 rings (SSSR count). The molecule has 29 heavy (non-hydrogen) atoms. The van der Waals surface area contributed by atoms with Crippen molar-refractivity contribution in [1.82, 2.24) is 5.32 Å². The summed E-state index contributed by atoms with van der Waals surface area (Å²) in [5.74, 6) is 0.226. The Bertz CT molecular complexity index is 746. The second-order valence-electron chi connectivity index (χ2n) is 8.64. The summed E-state index contributed by atoms with van der Waals surface area (Å²) in [6.07, 6.45) is 2.94. The van der Waals surface area contributed by atoms with Crippen molar-refractivity contribution in [2.24, 2.45) is 17.8 Å². The van der Waals surface area contributed by atoms with Crippen LogP contribution in [0.25, 0.3) is 0 Å². The summed E-state index contributed by atoms with van der Waals surface area (Å²) in [4.78, 5) is 23.8. The van der Waals surface area contributed by atoms with Crippen LogP contribution in [0, 0.1) is 17.8 Å². The van der Waals surface area contributed by atoms with Crippen LogP contribution in [0.4, 0.5) is 19.3 Å². The van der Waals surface area contributed by atoms with Crippen molar-refractivity contribution in [2.75, 3.05) is 11.9 Å². The summed E-state index contributed by atoms with van der Waals surface area (Å²) < 4.78 is 36.0. The van der Waals surface area contributed by atoms with Gasteiger partial charge < -0.3 is 20.1 Å². The van der Waals surface area contributed by atoms with Crippen LogP contribution in [0.15, 0.2) is 24.3 Å². The molecule has 2 N–H and O–H groups in total. The highest BCUT2D eigenvalue weighted by Gasteiger charge is 2.51. The van der Waals surface area contributed by atoms with Crippen molar-refractivity contribution in [2.45, 2.75) is 57.1 Å². The standard InChI is InChI=1S/C21H26F2N2O4/c1-2-28-18(26)21(22,23)29-17-5-3-16(4-6-17)24-19(27)25-20-10-13-7-14(11-20)9-15(8-13)12-20/h3-6,13-15H,2,7-12H2,1H3,(H2,24,25,27). The monoisotopic (exact) mass is 408 g/mol. The summed E-state index contributed by atoms with van der Waals surface area (Å²) in [5, 5.41) is 5.96. The van der Waals surface area contributed by atoms with Gasteiger partial charge in [-0.2, -0.15) is 8.78 Å². The summed E-state index contributed by atoms with van der Waals surface area (Å²) in [6.45, 7) is 1.27. The SMILES string of the molecule is CCOC(=O)C(F)(F)Oc1ccc(NC(=O)NC23CC4CC(CC(C4)C2)C3)cc1. The van der Waals surface area contributed by atoms with Crippen LogP contribution in [0.3, 0.4) is 0 Å². The molecular formula is C21H26F2N2O4. The van der Waals surface area contributed by atoms with Crippen LogP contribution in [-0.2, 0) is 9.53 Å². The molecule has 0 heterocycles. The van der Waals surface area contributed by atoms with Gasteiger partial charge in [-0.25, -0.2) is 9.59 Å². The summed E-state index contributed by atoms with van der Waals surface area (Å²) >= 11 is 0.